The molecule has 8 nitrogen and oxygen atoms in total. The molecule has 0 spiro atoms. The van der Waals surface area contributed by atoms with Crippen LogP contribution in [0.2, 0.25) is 0 Å². The van der Waals surface area contributed by atoms with Crippen LogP contribution in [0.4, 0.5) is 0 Å². The van der Waals surface area contributed by atoms with Gasteiger partial charge < -0.3 is 25.0 Å². The molecule has 0 aliphatic carbocycles. The van der Waals surface area contributed by atoms with E-state index in [-0.39, 0.29) is 11.9 Å². The largest absolute Gasteiger partial charge is 0.472 e. The quantitative estimate of drug-likeness (QED) is 0.140. The van der Waals surface area contributed by atoms with Crippen molar-refractivity contribution in [3.8, 4) is 0 Å². The molecule has 0 bridgehead atoms. The van der Waals surface area contributed by atoms with Crippen molar-refractivity contribution in [2.24, 2.45) is 5.92 Å². The maximum absolute atomic E-state index is 11.9. The summed E-state index contributed by atoms with van der Waals surface area (Å²) < 4.78 is 32.8. The third-order valence-electron chi connectivity index (χ3n) is 4.48. The number of unbranched alkanes of at least 4 members (excludes halogenated alkanes) is 2. The van der Waals surface area contributed by atoms with Gasteiger partial charge in [-0.3, -0.25) is 9.05 Å². The number of hydrogen-bond acceptors (Lipinski definition) is 6. The number of phosphoric ester groups is 1. The molecule has 1 aliphatic rings. The minimum atomic E-state index is -4.10. The molecule has 0 radical (unpaired) electrons. The van der Waals surface area contributed by atoms with Crippen LogP contribution in [0, 0.1) is 5.92 Å². The van der Waals surface area contributed by atoms with Crippen molar-refractivity contribution < 1.29 is 28.0 Å². The highest BCUT2D eigenvalue weighted by Gasteiger charge is 2.45. The van der Waals surface area contributed by atoms with Crippen molar-refractivity contribution in [2.45, 2.75) is 43.9 Å². The van der Waals surface area contributed by atoms with E-state index < -0.39 is 20.0 Å². The van der Waals surface area contributed by atoms with Gasteiger partial charge in [0.1, 0.15) is 20.1 Å². The van der Waals surface area contributed by atoms with Gasteiger partial charge in [0.05, 0.1) is 6.61 Å². The molecule has 1 aliphatic heterocycles. The van der Waals surface area contributed by atoms with Gasteiger partial charge in [-0.15, -0.1) is 0 Å². The Bertz CT molecular complexity index is 527. The van der Waals surface area contributed by atoms with E-state index in [9.17, 15) is 9.46 Å². The first kappa shape index (κ1) is 24.6. The Hall–Kier alpha value is -0.475. The molecule has 27 heavy (non-hydrogen) atoms. The SMILES string of the molecule is B[C@@H]1O[C@H](COC)C(OP(=O)(O)OC)[C@@H]1C/C=C/CCCCNC(=S)NC. The summed E-state index contributed by atoms with van der Waals surface area (Å²) in [4.78, 5) is 9.70. The number of nitrogens with one attached hydrogen (secondary N) is 2. The van der Waals surface area contributed by atoms with Gasteiger partial charge in [-0.2, -0.15) is 0 Å². The molecular weight excluding hydrogens is 390 g/mol. The van der Waals surface area contributed by atoms with Crippen molar-refractivity contribution in [1.82, 2.24) is 10.6 Å². The lowest BCUT2D eigenvalue weighted by molar-refractivity contribution is -0.0192. The van der Waals surface area contributed by atoms with Crippen molar-refractivity contribution >= 4 is 33.0 Å². The van der Waals surface area contributed by atoms with E-state index in [1.807, 2.05) is 7.85 Å². The maximum Gasteiger partial charge on any atom is 0.472 e. The fourth-order valence-electron chi connectivity index (χ4n) is 3.01. The number of thiocarbonyl (C=S) groups is 1. The summed E-state index contributed by atoms with van der Waals surface area (Å²) >= 11 is 5.02. The first-order valence-electron chi connectivity index (χ1n) is 9.16. The molecule has 11 heteroatoms. The Morgan fingerprint density at radius 2 is 2.11 bits per heavy atom. The van der Waals surface area contributed by atoms with E-state index in [0.29, 0.717) is 18.1 Å². The van der Waals surface area contributed by atoms with Gasteiger partial charge in [-0.25, -0.2) is 4.57 Å². The van der Waals surface area contributed by atoms with Gasteiger partial charge in [-0.05, 0) is 37.9 Å². The fourth-order valence-corrected chi connectivity index (χ4v) is 3.80. The Kier molecular flexibility index (Phi) is 11.7. The number of methoxy groups -OCH3 is 1. The van der Waals surface area contributed by atoms with Crippen molar-refractivity contribution in [3.63, 3.8) is 0 Å². The van der Waals surface area contributed by atoms with Crippen LogP contribution < -0.4 is 10.6 Å². The fraction of sp³-hybridized carbons (Fsp3) is 0.812. The highest BCUT2D eigenvalue weighted by atomic mass is 32.1. The molecule has 0 saturated carbocycles. The average molecular weight is 422 g/mol. The van der Waals surface area contributed by atoms with Crippen molar-refractivity contribution in [3.05, 3.63) is 12.2 Å². The second-order valence-electron chi connectivity index (χ2n) is 6.43. The lowest BCUT2D eigenvalue weighted by Gasteiger charge is -2.24. The van der Waals surface area contributed by atoms with Gasteiger partial charge in [0.15, 0.2) is 5.11 Å². The molecule has 5 atom stereocenters. The van der Waals surface area contributed by atoms with E-state index in [4.69, 9.17) is 26.2 Å². The lowest BCUT2D eigenvalue weighted by Crippen LogP contribution is -2.33. The summed E-state index contributed by atoms with van der Waals surface area (Å²) in [5.74, 6) is -0.0494. The Balaban J connectivity index is 2.47. The third kappa shape index (κ3) is 9.04. The van der Waals surface area contributed by atoms with E-state index in [0.717, 1.165) is 32.9 Å². The molecule has 0 amide bonds. The number of hydrogen-bond donors (Lipinski definition) is 3. The van der Waals surface area contributed by atoms with E-state index >= 15 is 0 Å². The standard InChI is InChI=1S/C16H32BN2O6PS/c1-18-16(27)19-10-8-6-4-5-7-9-12-14(25-26(20,21)23-3)13(11-22-2)24-15(12)17/h5,7,12-15H,4,6,8-11,17H2,1-3H3,(H,20,21)(H2,18,19,27)/b7-5+/t12-,13+,14?,15+/m0/s1. The van der Waals surface area contributed by atoms with E-state index in [1.54, 1.807) is 14.2 Å². The molecule has 0 aromatic carbocycles. The Labute approximate surface area is 168 Å². The minimum Gasteiger partial charge on any atom is -0.382 e. The van der Waals surface area contributed by atoms with Crippen LogP contribution in [0.3, 0.4) is 0 Å². The van der Waals surface area contributed by atoms with Crippen molar-refractivity contribution in [2.75, 3.05) is 34.4 Å². The predicted molar refractivity (Wildman–Crippen MR) is 112 cm³/mol. The molecule has 156 valence electrons. The topological polar surface area (TPSA) is 98.3 Å². The van der Waals surface area contributed by atoms with Crippen LogP contribution in [-0.4, -0.2) is 70.5 Å². The molecule has 1 fully saturated rings. The van der Waals surface area contributed by atoms with E-state index in [2.05, 4.69) is 27.3 Å². The summed E-state index contributed by atoms with van der Waals surface area (Å²) in [6.45, 7) is 1.14. The maximum atomic E-state index is 11.9. The summed E-state index contributed by atoms with van der Waals surface area (Å²) in [7, 11) is 2.35. The van der Waals surface area contributed by atoms with Crippen LogP contribution >= 0.6 is 20.0 Å². The second kappa shape index (κ2) is 12.9. The summed E-state index contributed by atoms with van der Waals surface area (Å²) in [5, 5.41) is 6.65. The highest BCUT2D eigenvalue weighted by Crippen LogP contribution is 2.48. The van der Waals surface area contributed by atoms with Crippen LogP contribution in [0.1, 0.15) is 25.7 Å². The molecule has 0 aromatic heterocycles. The van der Waals surface area contributed by atoms with Crippen LogP contribution in [0.25, 0.3) is 0 Å². The smallest absolute Gasteiger partial charge is 0.382 e. The first-order valence-corrected chi connectivity index (χ1v) is 11.1. The van der Waals surface area contributed by atoms with Gasteiger partial charge in [0, 0.05) is 39.7 Å². The number of phosphoric acid groups is 1. The molecule has 3 N–H and O–H groups in total. The van der Waals surface area contributed by atoms with Crippen LogP contribution in [0.5, 0.6) is 0 Å². The third-order valence-corrected chi connectivity index (χ3v) is 5.80. The lowest BCUT2D eigenvalue weighted by atomic mass is 9.82. The molecule has 1 saturated heterocycles. The molecule has 2 unspecified atom stereocenters. The Morgan fingerprint density at radius 3 is 2.74 bits per heavy atom. The number of rotatable bonds is 12. The second-order valence-corrected chi connectivity index (χ2v) is 8.35. The van der Waals surface area contributed by atoms with Crippen LogP contribution in [-0.2, 0) is 23.1 Å². The predicted octanol–water partition coefficient (Wildman–Crippen LogP) is 0.950. The zero-order chi connectivity index (χ0) is 20.3. The monoisotopic (exact) mass is 422 g/mol. The van der Waals surface area contributed by atoms with Gasteiger partial charge in [-0.1, -0.05) is 12.2 Å². The van der Waals surface area contributed by atoms with Gasteiger partial charge >= 0.3 is 7.82 Å². The number of ether oxygens (including phenoxy) is 2. The Morgan fingerprint density at radius 1 is 1.37 bits per heavy atom. The summed E-state index contributed by atoms with van der Waals surface area (Å²) in [6, 6.07) is -0.108. The average Bonchev–Trinajstić information content (AvgIpc) is 2.91. The van der Waals surface area contributed by atoms with Crippen LogP contribution in [0.15, 0.2) is 12.2 Å². The summed E-state index contributed by atoms with van der Waals surface area (Å²) in [6.07, 6.45) is 6.97. The van der Waals surface area contributed by atoms with Gasteiger partial charge in [0.25, 0.3) is 0 Å². The normalized spacial score (nSPS) is 27.6. The molecule has 1 rings (SSSR count). The molecule has 0 aromatic rings. The zero-order valence-electron chi connectivity index (χ0n) is 16.6. The van der Waals surface area contributed by atoms with Crippen molar-refractivity contribution in [1.29, 1.82) is 0 Å². The molecular formula is C16H32BN2O6PS. The molecule has 1 heterocycles. The van der Waals surface area contributed by atoms with E-state index in [1.165, 1.54) is 0 Å². The highest BCUT2D eigenvalue weighted by molar-refractivity contribution is 7.80. The van der Waals surface area contributed by atoms with Gasteiger partial charge in [0.2, 0.25) is 0 Å². The zero-order valence-corrected chi connectivity index (χ0v) is 18.3. The minimum absolute atomic E-state index is 0.0494. The summed E-state index contributed by atoms with van der Waals surface area (Å²) in [5.41, 5.74) is 0. The first-order chi connectivity index (χ1) is 12.8. The number of allylic oxidation sites excluding steroid dienone is 2.